The molecular weight excluding hydrogens is 212 g/mol. The van der Waals surface area contributed by atoms with Gasteiger partial charge in [0.1, 0.15) is 0 Å². The lowest BCUT2D eigenvalue weighted by Gasteiger charge is -2.17. The maximum Gasteiger partial charge on any atom is 0.0596 e. The van der Waals surface area contributed by atoms with Crippen molar-refractivity contribution in [3.8, 4) is 0 Å². The van der Waals surface area contributed by atoms with Crippen molar-refractivity contribution in [1.82, 2.24) is 4.90 Å². The standard InChI is InChI=1S/C14H24N2O/c1-12(2)17-11-10-16(3)9-8-13-4-6-14(15)7-5-13/h4-7,12H,8-11,15H2,1-3H3. The Morgan fingerprint density at radius 3 is 2.41 bits per heavy atom. The van der Waals surface area contributed by atoms with Crippen LogP contribution in [0, 0.1) is 0 Å². The molecule has 1 aromatic rings. The smallest absolute Gasteiger partial charge is 0.0596 e. The molecule has 0 saturated carbocycles. The van der Waals surface area contributed by atoms with Crippen LogP contribution in [0.1, 0.15) is 19.4 Å². The number of rotatable bonds is 7. The van der Waals surface area contributed by atoms with Crippen molar-refractivity contribution in [2.24, 2.45) is 0 Å². The second-order valence-electron chi connectivity index (χ2n) is 4.71. The minimum absolute atomic E-state index is 0.320. The van der Waals surface area contributed by atoms with Crippen LogP contribution in [0.4, 0.5) is 5.69 Å². The Bertz CT molecular complexity index is 309. The molecule has 0 unspecified atom stereocenters. The summed E-state index contributed by atoms with van der Waals surface area (Å²) >= 11 is 0. The molecule has 0 aliphatic carbocycles. The first-order valence-corrected chi connectivity index (χ1v) is 6.22. The molecule has 0 aliphatic rings. The van der Waals surface area contributed by atoms with Crippen molar-refractivity contribution in [2.75, 3.05) is 32.5 Å². The van der Waals surface area contributed by atoms with Crippen LogP contribution < -0.4 is 5.73 Å². The summed E-state index contributed by atoms with van der Waals surface area (Å²) in [5, 5.41) is 0. The number of nitrogens with zero attached hydrogens (tertiary/aromatic N) is 1. The van der Waals surface area contributed by atoms with Gasteiger partial charge in [-0.05, 0) is 45.0 Å². The molecule has 0 atom stereocenters. The topological polar surface area (TPSA) is 38.5 Å². The number of hydrogen-bond donors (Lipinski definition) is 1. The molecule has 1 aromatic carbocycles. The number of likely N-dealkylation sites (N-methyl/N-ethyl adjacent to an activating group) is 1. The average molecular weight is 236 g/mol. The fraction of sp³-hybridized carbons (Fsp3) is 0.571. The highest BCUT2D eigenvalue weighted by Crippen LogP contribution is 2.06. The Balaban J connectivity index is 2.19. The van der Waals surface area contributed by atoms with Gasteiger partial charge in [-0.25, -0.2) is 0 Å². The van der Waals surface area contributed by atoms with E-state index in [2.05, 4.69) is 37.9 Å². The zero-order chi connectivity index (χ0) is 12.7. The predicted molar refractivity (Wildman–Crippen MR) is 73.1 cm³/mol. The highest BCUT2D eigenvalue weighted by Gasteiger charge is 2.00. The van der Waals surface area contributed by atoms with Crippen molar-refractivity contribution in [3.63, 3.8) is 0 Å². The van der Waals surface area contributed by atoms with Crippen molar-refractivity contribution in [2.45, 2.75) is 26.4 Å². The van der Waals surface area contributed by atoms with Gasteiger partial charge in [-0.2, -0.15) is 0 Å². The quantitative estimate of drug-likeness (QED) is 0.737. The van der Waals surface area contributed by atoms with Crippen LogP contribution >= 0.6 is 0 Å². The van der Waals surface area contributed by atoms with Crippen LogP contribution in [0.5, 0.6) is 0 Å². The molecular formula is C14H24N2O. The van der Waals surface area contributed by atoms with E-state index in [0.717, 1.165) is 31.8 Å². The van der Waals surface area contributed by atoms with Gasteiger partial charge < -0.3 is 15.4 Å². The molecule has 3 nitrogen and oxygen atoms in total. The Labute approximate surface area is 105 Å². The minimum Gasteiger partial charge on any atom is -0.399 e. The van der Waals surface area contributed by atoms with Crippen molar-refractivity contribution < 1.29 is 4.74 Å². The summed E-state index contributed by atoms with van der Waals surface area (Å²) in [5.74, 6) is 0. The van der Waals surface area contributed by atoms with Gasteiger partial charge in [0.2, 0.25) is 0 Å². The molecule has 0 aromatic heterocycles. The number of ether oxygens (including phenoxy) is 1. The fourth-order valence-corrected chi connectivity index (χ4v) is 1.56. The summed E-state index contributed by atoms with van der Waals surface area (Å²) in [6.07, 6.45) is 1.37. The Morgan fingerprint density at radius 1 is 1.18 bits per heavy atom. The molecule has 0 heterocycles. The Morgan fingerprint density at radius 2 is 1.82 bits per heavy atom. The van der Waals surface area contributed by atoms with E-state index >= 15 is 0 Å². The molecule has 0 amide bonds. The lowest BCUT2D eigenvalue weighted by molar-refractivity contribution is 0.0640. The largest absolute Gasteiger partial charge is 0.399 e. The van der Waals surface area contributed by atoms with Gasteiger partial charge in [0.15, 0.2) is 0 Å². The van der Waals surface area contributed by atoms with Crippen LogP contribution in [0.3, 0.4) is 0 Å². The summed E-state index contributed by atoms with van der Waals surface area (Å²) in [6, 6.07) is 8.09. The molecule has 17 heavy (non-hydrogen) atoms. The normalized spacial score (nSPS) is 11.4. The number of nitrogens with two attached hydrogens (primary N) is 1. The first-order valence-electron chi connectivity index (χ1n) is 6.22. The van der Waals surface area contributed by atoms with E-state index in [0.29, 0.717) is 6.10 Å². The first-order chi connectivity index (χ1) is 8.08. The molecule has 0 bridgehead atoms. The van der Waals surface area contributed by atoms with Gasteiger partial charge in [0.05, 0.1) is 12.7 Å². The molecule has 3 heteroatoms. The van der Waals surface area contributed by atoms with Crippen LogP contribution in [-0.2, 0) is 11.2 Å². The number of anilines is 1. The van der Waals surface area contributed by atoms with Crippen LogP contribution in [0.25, 0.3) is 0 Å². The van der Waals surface area contributed by atoms with Gasteiger partial charge >= 0.3 is 0 Å². The van der Waals surface area contributed by atoms with E-state index in [-0.39, 0.29) is 0 Å². The van der Waals surface area contributed by atoms with Gasteiger partial charge in [0, 0.05) is 18.8 Å². The monoisotopic (exact) mass is 236 g/mol. The second-order valence-corrected chi connectivity index (χ2v) is 4.71. The lowest BCUT2D eigenvalue weighted by atomic mass is 10.1. The molecule has 0 fully saturated rings. The fourth-order valence-electron chi connectivity index (χ4n) is 1.56. The molecule has 1 rings (SSSR count). The number of benzene rings is 1. The summed E-state index contributed by atoms with van der Waals surface area (Å²) in [5.41, 5.74) is 7.81. The highest BCUT2D eigenvalue weighted by molar-refractivity contribution is 5.39. The maximum absolute atomic E-state index is 5.65. The summed E-state index contributed by atoms with van der Waals surface area (Å²) in [7, 11) is 2.13. The third kappa shape index (κ3) is 6.29. The van der Waals surface area contributed by atoms with Gasteiger partial charge in [0.25, 0.3) is 0 Å². The van der Waals surface area contributed by atoms with Crippen molar-refractivity contribution >= 4 is 5.69 Å². The van der Waals surface area contributed by atoms with E-state index < -0.39 is 0 Å². The Hall–Kier alpha value is -1.06. The molecule has 96 valence electrons. The van der Waals surface area contributed by atoms with Crippen LogP contribution in [-0.4, -0.2) is 37.7 Å². The molecule has 0 aliphatic heterocycles. The second kappa shape index (κ2) is 7.30. The highest BCUT2D eigenvalue weighted by atomic mass is 16.5. The van der Waals surface area contributed by atoms with E-state index in [9.17, 15) is 0 Å². The third-order valence-electron chi connectivity index (χ3n) is 2.69. The SMILES string of the molecule is CC(C)OCCN(C)CCc1ccc(N)cc1. The Kier molecular flexibility index (Phi) is 6.01. The van der Waals surface area contributed by atoms with E-state index in [1.807, 2.05) is 12.1 Å². The van der Waals surface area contributed by atoms with Crippen LogP contribution in [0.2, 0.25) is 0 Å². The zero-order valence-corrected chi connectivity index (χ0v) is 11.1. The molecule has 0 radical (unpaired) electrons. The van der Waals surface area contributed by atoms with E-state index in [1.54, 1.807) is 0 Å². The van der Waals surface area contributed by atoms with Crippen molar-refractivity contribution in [1.29, 1.82) is 0 Å². The van der Waals surface area contributed by atoms with E-state index in [1.165, 1.54) is 5.56 Å². The summed E-state index contributed by atoms with van der Waals surface area (Å²) in [6.45, 7) is 6.96. The van der Waals surface area contributed by atoms with Gasteiger partial charge in [-0.1, -0.05) is 12.1 Å². The first kappa shape index (κ1) is 14.0. The van der Waals surface area contributed by atoms with Gasteiger partial charge in [-0.15, -0.1) is 0 Å². The van der Waals surface area contributed by atoms with Crippen LogP contribution in [0.15, 0.2) is 24.3 Å². The van der Waals surface area contributed by atoms with E-state index in [4.69, 9.17) is 10.5 Å². The molecule has 0 spiro atoms. The lowest BCUT2D eigenvalue weighted by Crippen LogP contribution is -2.26. The summed E-state index contributed by atoms with van der Waals surface area (Å²) in [4.78, 5) is 2.29. The number of nitrogen functional groups attached to an aromatic ring is 1. The molecule has 0 saturated heterocycles. The number of hydrogen-bond acceptors (Lipinski definition) is 3. The average Bonchev–Trinajstić information content (AvgIpc) is 2.28. The summed E-state index contributed by atoms with van der Waals surface area (Å²) < 4.78 is 5.52. The zero-order valence-electron chi connectivity index (χ0n) is 11.1. The minimum atomic E-state index is 0.320. The predicted octanol–water partition coefficient (Wildman–Crippen LogP) is 2.17. The van der Waals surface area contributed by atoms with Gasteiger partial charge in [-0.3, -0.25) is 0 Å². The van der Waals surface area contributed by atoms with Crippen molar-refractivity contribution in [3.05, 3.63) is 29.8 Å². The molecule has 2 N–H and O–H groups in total. The maximum atomic E-state index is 5.65. The third-order valence-corrected chi connectivity index (χ3v) is 2.69.